The van der Waals surface area contributed by atoms with Gasteiger partial charge in [0.15, 0.2) is 7.51 Å². The van der Waals surface area contributed by atoms with Gasteiger partial charge >= 0.3 is 0 Å². The number of hydrogen-bond acceptors (Lipinski definition) is 1. The lowest BCUT2D eigenvalue weighted by molar-refractivity contribution is 0.0374. The van der Waals surface area contributed by atoms with Crippen molar-refractivity contribution in [1.82, 2.24) is 14.0 Å². The third-order valence-corrected chi connectivity index (χ3v) is 9.92. The Labute approximate surface area is 184 Å². The normalized spacial score (nSPS) is 16.3. The van der Waals surface area contributed by atoms with Gasteiger partial charge in [-0.3, -0.25) is 5.16 Å². The Morgan fingerprint density at radius 3 is 0.517 bits per heavy atom. The molecule has 1 N–H and O–H groups in total. The molecule has 0 saturated carbocycles. The average molecular weight is 431 g/mol. The van der Waals surface area contributed by atoms with Crippen LogP contribution < -0.4 is 0 Å². The zero-order chi connectivity index (χ0) is 24.2. The molecule has 0 radical (unpaired) electrons. The van der Waals surface area contributed by atoms with Gasteiger partial charge in [0.05, 0.1) is 0 Å². The minimum atomic E-state index is -2.78. The number of nitrogens with one attached hydrogen (secondary N) is 1. The zero-order valence-corrected chi connectivity index (χ0v) is 24.2. The van der Waals surface area contributed by atoms with Crippen LogP contribution in [-0.4, -0.2) is 47.2 Å². The van der Waals surface area contributed by atoms with Gasteiger partial charge in [-0.15, -0.1) is 0 Å². The maximum atomic E-state index is 10.6. The van der Waals surface area contributed by atoms with Crippen molar-refractivity contribution in [3.8, 4) is 0 Å². The second-order valence-electron chi connectivity index (χ2n) is 14.5. The second-order valence-corrected chi connectivity index (χ2v) is 16.9. The lowest BCUT2D eigenvalue weighted by Crippen LogP contribution is -2.66. The Morgan fingerprint density at radius 2 is 0.448 bits per heavy atom. The van der Waals surface area contributed by atoms with E-state index in [-0.39, 0.29) is 33.2 Å². The highest BCUT2D eigenvalue weighted by Gasteiger charge is 2.58. The first-order valence-electron chi connectivity index (χ1n) is 11.2. The van der Waals surface area contributed by atoms with E-state index in [0.29, 0.717) is 0 Å². The van der Waals surface area contributed by atoms with Crippen LogP contribution in [0.1, 0.15) is 125 Å². The molecule has 0 aliphatic rings. The first-order valence-corrected chi connectivity index (χ1v) is 12.8. The molecule has 0 aromatic heterocycles. The van der Waals surface area contributed by atoms with Crippen LogP contribution in [0, 0.1) is 5.16 Å². The van der Waals surface area contributed by atoms with Crippen molar-refractivity contribution in [2.45, 2.75) is 158 Å². The lowest BCUT2D eigenvalue weighted by Gasteiger charge is -2.67. The molecule has 0 spiro atoms. The maximum Gasteiger partial charge on any atom is 0.168 e. The summed E-state index contributed by atoms with van der Waals surface area (Å²) in [5.74, 6) is 0. The highest BCUT2D eigenvalue weighted by atomic mass is 31.2. The van der Waals surface area contributed by atoms with Crippen LogP contribution in [0.2, 0.25) is 0 Å². The number of nitrogens with zero attached hydrogens (tertiary/aromatic N) is 3. The van der Waals surface area contributed by atoms with Crippen molar-refractivity contribution in [3.05, 3.63) is 0 Å². The summed E-state index contributed by atoms with van der Waals surface area (Å²) in [6.45, 7) is 40.9. The predicted molar refractivity (Wildman–Crippen MR) is 134 cm³/mol. The van der Waals surface area contributed by atoms with Crippen LogP contribution in [0.25, 0.3) is 0 Å². The van der Waals surface area contributed by atoms with Gasteiger partial charge in [0.25, 0.3) is 0 Å². The largest absolute Gasteiger partial charge is 0.277 e. The zero-order valence-electron chi connectivity index (χ0n) is 23.3. The van der Waals surface area contributed by atoms with Gasteiger partial charge in [-0.05, 0) is 125 Å². The molecule has 0 aliphatic heterocycles. The molecule has 0 rings (SSSR count). The summed E-state index contributed by atoms with van der Waals surface area (Å²) in [4.78, 5) is 0. The van der Waals surface area contributed by atoms with E-state index in [9.17, 15) is 5.16 Å². The van der Waals surface area contributed by atoms with Crippen LogP contribution >= 0.6 is 7.51 Å². The molecule has 0 aliphatic carbocycles. The van der Waals surface area contributed by atoms with Crippen LogP contribution in [0.5, 0.6) is 0 Å². The monoisotopic (exact) mass is 430 g/mol. The van der Waals surface area contributed by atoms with Crippen molar-refractivity contribution in [1.29, 1.82) is 5.16 Å². The number of hydrogen-bond donors (Lipinski definition) is 1. The molecule has 0 atom stereocenters. The van der Waals surface area contributed by atoms with Gasteiger partial charge in [0.2, 0.25) is 0 Å². The summed E-state index contributed by atoms with van der Waals surface area (Å²) in [5.41, 5.74) is -1.02. The summed E-state index contributed by atoms with van der Waals surface area (Å²) in [5, 5.41) is 10.6. The summed E-state index contributed by atoms with van der Waals surface area (Å²) < 4.78 is 7.58. The van der Waals surface area contributed by atoms with Crippen molar-refractivity contribution in [2.75, 3.05) is 0 Å². The summed E-state index contributed by atoms with van der Waals surface area (Å²) in [6, 6.07) is 0. The van der Waals surface area contributed by atoms with Crippen molar-refractivity contribution >= 4 is 7.51 Å². The van der Waals surface area contributed by atoms with E-state index in [1.807, 2.05) is 0 Å². The van der Waals surface area contributed by atoms with Crippen LogP contribution in [-0.2, 0) is 0 Å². The third-order valence-electron chi connectivity index (χ3n) is 4.65. The predicted octanol–water partition coefficient (Wildman–Crippen LogP) is 8.21. The summed E-state index contributed by atoms with van der Waals surface area (Å²) in [7, 11) is -2.78. The minimum Gasteiger partial charge on any atom is -0.277 e. The van der Waals surface area contributed by atoms with Crippen molar-refractivity contribution in [3.63, 3.8) is 0 Å². The Morgan fingerprint density at radius 1 is 0.345 bits per heavy atom. The molecule has 0 saturated heterocycles. The Balaban J connectivity index is 7.76. The van der Waals surface area contributed by atoms with E-state index in [1.54, 1.807) is 0 Å². The highest BCUT2D eigenvalue weighted by molar-refractivity contribution is 7.58. The maximum absolute atomic E-state index is 10.6. The molecule has 0 amide bonds. The molecule has 4 nitrogen and oxygen atoms in total. The quantitative estimate of drug-likeness (QED) is 0.458. The van der Waals surface area contributed by atoms with E-state index < -0.39 is 7.51 Å². The fraction of sp³-hybridized carbons (Fsp3) is 1.00. The first kappa shape index (κ1) is 29.1. The van der Waals surface area contributed by atoms with Gasteiger partial charge in [0.1, 0.15) is 0 Å². The van der Waals surface area contributed by atoms with Gasteiger partial charge in [0, 0.05) is 33.2 Å². The van der Waals surface area contributed by atoms with E-state index in [0.717, 1.165) is 0 Å². The molecule has 0 bridgehead atoms. The Hall–Kier alpha value is 0.110. The molecular formula is C24H55N4P. The van der Waals surface area contributed by atoms with E-state index in [1.165, 1.54) is 0 Å². The third kappa shape index (κ3) is 6.55. The second kappa shape index (κ2) is 7.91. The molecule has 176 valence electrons. The standard InChI is InChI=1S/C24H55N4P/c1-19(2,3)26(20(4,5)6)29(25,27(21(7,8)9)22(10,11)12)28(23(13,14)15)24(16,17)18/h25H,1-18H3. The fourth-order valence-corrected chi connectivity index (χ4v) is 11.4. The van der Waals surface area contributed by atoms with Crippen LogP contribution in [0.3, 0.4) is 0 Å². The summed E-state index contributed by atoms with van der Waals surface area (Å²) >= 11 is 0. The molecule has 5 heteroatoms. The highest BCUT2D eigenvalue weighted by Crippen LogP contribution is 2.70. The summed E-state index contributed by atoms with van der Waals surface area (Å²) in [6.07, 6.45) is 0. The first-order chi connectivity index (χ1) is 12.1. The van der Waals surface area contributed by atoms with Gasteiger partial charge in [-0.2, -0.15) is 0 Å². The molecule has 0 unspecified atom stereocenters. The Kier molecular flexibility index (Phi) is 7.94. The minimum absolute atomic E-state index is 0.169. The van der Waals surface area contributed by atoms with Gasteiger partial charge in [-0.1, -0.05) is 0 Å². The molecule has 0 fully saturated rings. The molecule has 0 heterocycles. The topological polar surface area (TPSA) is 33.6 Å². The van der Waals surface area contributed by atoms with E-state index in [4.69, 9.17) is 0 Å². The fourth-order valence-electron chi connectivity index (χ4n) is 5.80. The molecule has 29 heavy (non-hydrogen) atoms. The van der Waals surface area contributed by atoms with Crippen molar-refractivity contribution in [2.24, 2.45) is 0 Å². The number of rotatable bonds is 3. The SMILES string of the molecule is CC(C)(C)N(C(C)(C)C)P(=N)(N(C(C)(C)C)C(C)(C)C)N(C(C)(C)C)C(C)(C)C. The average Bonchev–Trinajstić information content (AvgIpc) is 2.11. The molecule has 0 aromatic carbocycles. The lowest BCUT2D eigenvalue weighted by atomic mass is 10.0. The molecular weight excluding hydrogens is 375 g/mol. The van der Waals surface area contributed by atoms with Crippen molar-refractivity contribution < 1.29 is 0 Å². The van der Waals surface area contributed by atoms with E-state index in [2.05, 4.69) is 139 Å². The molecule has 0 aromatic rings. The Bertz CT molecular complexity index is 468. The van der Waals surface area contributed by atoms with Gasteiger partial charge in [-0.25, -0.2) is 14.0 Å². The van der Waals surface area contributed by atoms with Crippen LogP contribution in [0.15, 0.2) is 0 Å². The van der Waals surface area contributed by atoms with Gasteiger partial charge < -0.3 is 0 Å². The van der Waals surface area contributed by atoms with Crippen LogP contribution in [0.4, 0.5) is 0 Å². The van der Waals surface area contributed by atoms with E-state index >= 15 is 0 Å². The smallest absolute Gasteiger partial charge is 0.168 e.